The minimum atomic E-state index is -4.49. The number of anilines is 1. The molecule has 2 aromatic carbocycles. The van der Waals surface area contributed by atoms with Crippen molar-refractivity contribution in [1.82, 2.24) is 14.9 Å². The first-order valence-corrected chi connectivity index (χ1v) is 10.3. The lowest BCUT2D eigenvalue weighted by molar-refractivity contribution is -0.139. The Kier molecular flexibility index (Phi) is 7.62. The quantitative estimate of drug-likeness (QED) is 0.340. The fourth-order valence-electron chi connectivity index (χ4n) is 3.26. The van der Waals surface area contributed by atoms with Crippen LogP contribution < -0.4 is 21.1 Å². The number of amides is 2. The molecule has 0 aliphatic heterocycles. The maximum Gasteiger partial charge on any atom is 0.406 e. The van der Waals surface area contributed by atoms with Crippen molar-refractivity contribution >= 4 is 52.1 Å². The zero-order valence-corrected chi connectivity index (χ0v) is 18.9. The van der Waals surface area contributed by atoms with Crippen LogP contribution in [0, 0.1) is 11.8 Å². The number of primary amides is 1. The summed E-state index contributed by atoms with van der Waals surface area (Å²) in [6.45, 7) is -1.27. The van der Waals surface area contributed by atoms with Gasteiger partial charge in [-0.2, -0.15) is 13.2 Å². The second kappa shape index (κ2) is 10.3. The Morgan fingerprint density at radius 2 is 1.92 bits per heavy atom. The van der Waals surface area contributed by atoms with Crippen LogP contribution in [0.15, 0.2) is 36.7 Å². The number of alkyl halides is 3. The van der Waals surface area contributed by atoms with Gasteiger partial charge in [-0.3, -0.25) is 9.59 Å². The highest BCUT2D eigenvalue weighted by molar-refractivity contribution is 6.58. The van der Waals surface area contributed by atoms with Crippen molar-refractivity contribution in [2.24, 2.45) is 5.73 Å². The first-order valence-electron chi connectivity index (χ1n) is 10.3. The van der Waals surface area contributed by atoms with E-state index in [0.717, 1.165) is 10.9 Å². The number of imidazole rings is 1. The molecule has 0 aliphatic rings. The highest BCUT2D eigenvalue weighted by Crippen LogP contribution is 2.28. The van der Waals surface area contributed by atoms with Crippen LogP contribution in [-0.4, -0.2) is 70.0 Å². The minimum Gasteiger partial charge on any atom is -0.514 e. The van der Waals surface area contributed by atoms with Gasteiger partial charge < -0.3 is 25.7 Å². The van der Waals surface area contributed by atoms with E-state index < -0.39 is 23.9 Å². The predicted molar refractivity (Wildman–Crippen MR) is 130 cm³/mol. The molecule has 1 aromatic heterocycles. The number of fused-ring (bicyclic) bond motifs is 1. The van der Waals surface area contributed by atoms with Gasteiger partial charge in [-0.05, 0) is 35.6 Å². The van der Waals surface area contributed by atoms with E-state index in [-0.39, 0.29) is 45.9 Å². The summed E-state index contributed by atoms with van der Waals surface area (Å²) in [7, 11) is 18.0. The lowest BCUT2D eigenvalue weighted by Crippen LogP contribution is -2.37. The molecule has 0 bridgehead atoms. The van der Waals surface area contributed by atoms with E-state index in [0.29, 0.717) is 5.69 Å². The van der Waals surface area contributed by atoms with Crippen molar-refractivity contribution in [3.63, 3.8) is 0 Å². The molecule has 6 radical (unpaired) electrons. The Balaban J connectivity index is 1.88. The average molecular weight is 489 g/mol. The van der Waals surface area contributed by atoms with Gasteiger partial charge in [0.05, 0.1) is 29.6 Å². The molecule has 0 unspecified atom stereocenters. The Hall–Kier alpha value is -4.01. The maximum atomic E-state index is 12.9. The Morgan fingerprint density at radius 1 is 1.19 bits per heavy atom. The largest absolute Gasteiger partial charge is 0.514 e. The third kappa shape index (κ3) is 6.78. The molecule has 3 aromatic rings. The van der Waals surface area contributed by atoms with Crippen LogP contribution in [0.4, 0.5) is 18.9 Å². The van der Waals surface area contributed by atoms with Gasteiger partial charge in [0.1, 0.15) is 41.3 Å². The standard InChI is InChI=1S/C22H17B3F3N5O3/c1-30-20(35)13-4-5-15(17(9-13)36-22(23,24)25)31-6-2-3-12-7-14(19(29)34)18-16(8-12)33(11-32-18)10-21(26,27)28/h4-5,7-9,11,31H,6,10H2,1H3,(H2,29,34)(H,30,35). The monoisotopic (exact) mass is 489 g/mol. The smallest absolute Gasteiger partial charge is 0.406 e. The van der Waals surface area contributed by atoms with E-state index >= 15 is 0 Å². The summed E-state index contributed by atoms with van der Waals surface area (Å²) in [5.41, 5.74) is 6.30. The molecule has 0 aliphatic carbocycles. The molecule has 14 heteroatoms. The number of hydrogen-bond acceptors (Lipinski definition) is 5. The zero-order valence-electron chi connectivity index (χ0n) is 18.9. The van der Waals surface area contributed by atoms with Gasteiger partial charge in [0, 0.05) is 18.2 Å². The van der Waals surface area contributed by atoms with Gasteiger partial charge in [0.15, 0.2) is 0 Å². The van der Waals surface area contributed by atoms with Crippen molar-refractivity contribution in [2.75, 3.05) is 18.9 Å². The molecule has 4 N–H and O–H groups in total. The van der Waals surface area contributed by atoms with Gasteiger partial charge in [-0.25, -0.2) is 4.98 Å². The summed E-state index contributed by atoms with van der Waals surface area (Å²) in [5, 5.41) is 3.39. The molecule has 0 saturated carbocycles. The first kappa shape index (κ1) is 26.6. The van der Waals surface area contributed by atoms with Crippen LogP contribution >= 0.6 is 0 Å². The number of hydrogen-bond donors (Lipinski definition) is 3. The number of nitrogens with one attached hydrogen (secondary N) is 2. The van der Waals surface area contributed by atoms with Crippen LogP contribution in [0.5, 0.6) is 5.75 Å². The summed E-state index contributed by atoms with van der Waals surface area (Å²) < 4.78 is 44.9. The summed E-state index contributed by atoms with van der Waals surface area (Å²) in [4.78, 5) is 27.6. The van der Waals surface area contributed by atoms with Crippen LogP contribution in [0.3, 0.4) is 0 Å². The minimum absolute atomic E-state index is 0.0220. The van der Waals surface area contributed by atoms with E-state index in [1.54, 1.807) is 0 Å². The zero-order chi connectivity index (χ0) is 26.7. The third-order valence-corrected chi connectivity index (χ3v) is 4.70. The van der Waals surface area contributed by atoms with Crippen LogP contribution in [0.1, 0.15) is 26.3 Å². The summed E-state index contributed by atoms with van der Waals surface area (Å²) >= 11 is 0. The fraction of sp³-hybridized carbons (Fsp3) is 0.227. The molecule has 3 rings (SSSR count). The van der Waals surface area contributed by atoms with E-state index in [1.165, 1.54) is 37.4 Å². The van der Waals surface area contributed by atoms with E-state index in [1.807, 2.05) is 0 Å². The third-order valence-electron chi connectivity index (χ3n) is 4.70. The Morgan fingerprint density at radius 3 is 2.53 bits per heavy atom. The lowest BCUT2D eigenvalue weighted by atomic mass is 9.52. The van der Waals surface area contributed by atoms with Crippen LogP contribution in [-0.2, 0) is 6.54 Å². The second-order valence-electron chi connectivity index (χ2n) is 7.64. The molecule has 36 heavy (non-hydrogen) atoms. The molecular formula is C22H17B3F3N5O3. The summed E-state index contributed by atoms with van der Waals surface area (Å²) in [6.07, 6.45) is -3.51. The van der Waals surface area contributed by atoms with Crippen molar-refractivity contribution in [1.29, 1.82) is 0 Å². The normalized spacial score (nSPS) is 11.4. The van der Waals surface area contributed by atoms with E-state index in [4.69, 9.17) is 34.0 Å². The number of rotatable bonds is 7. The van der Waals surface area contributed by atoms with Crippen LogP contribution in [0.2, 0.25) is 0 Å². The number of aromatic nitrogens is 2. The van der Waals surface area contributed by atoms with E-state index in [9.17, 15) is 22.8 Å². The van der Waals surface area contributed by atoms with E-state index in [2.05, 4.69) is 27.5 Å². The van der Waals surface area contributed by atoms with Gasteiger partial charge >= 0.3 is 6.18 Å². The molecule has 1 heterocycles. The molecule has 0 spiro atoms. The number of halogens is 3. The van der Waals surface area contributed by atoms with Crippen molar-refractivity contribution in [3.05, 3.63) is 53.3 Å². The van der Waals surface area contributed by atoms with Crippen LogP contribution in [0.25, 0.3) is 11.0 Å². The number of ether oxygens (including phenoxy) is 1. The second-order valence-corrected chi connectivity index (χ2v) is 7.64. The molecule has 8 nitrogen and oxygen atoms in total. The molecular weight excluding hydrogens is 472 g/mol. The highest BCUT2D eigenvalue weighted by Gasteiger charge is 2.29. The average Bonchev–Trinajstić information content (AvgIpc) is 3.16. The van der Waals surface area contributed by atoms with Gasteiger partial charge in [0.2, 0.25) is 0 Å². The highest BCUT2D eigenvalue weighted by atomic mass is 19.4. The number of carbonyl (C=O) groups excluding carboxylic acids is 2. The Labute approximate surface area is 208 Å². The van der Waals surface area contributed by atoms with Crippen molar-refractivity contribution in [3.8, 4) is 17.6 Å². The van der Waals surface area contributed by atoms with Crippen molar-refractivity contribution < 1.29 is 27.5 Å². The molecule has 0 saturated heterocycles. The van der Waals surface area contributed by atoms with Gasteiger partial charge in [-0.1, -0.05) is 11.8 Å². The fourth-order valence-corrected chi connectivity index (χ4v) is 3.26. The lowest BCUT2D eigenvalue weighted by Gasteiger charge is -2.25. The topological polar surface area (TPSA) is 111 Å². The number of carbonyl (C=O) groups is 2. The molecule has 0 fully saturated rings. The summed E-state index contributed by atoms with van der Waals surface area (Å²) in [6, 6.07) is 7.15. The van der Waals surface area contributed by atoms with Gasteiger partial charge in [-0.15, -0.1) is 0 Å². The molecule has 2 amide bonds. The predicted octanol–water partition coefficient (Wildman–Crippen LogP) is 1.02. The first-order chi connectivity index (χ1) is 16.8. The summed E-state index contributed by atoms with van der Waals surface area (Å²) in [5.74, 6) is 4.40. The maximum absolute atomic E-state index is 12.9. The molecule has 178 valence electrons. The van der Waals surface area contributed by atoms with Crippen molar-refractivity contribution in [2.45, 2.75) is 18.0 Å². The molecule has 0 atom stereocenters. The number of benzene rings is 2. The Bertz CT molecular complexity index is 1370. The number of nitrogens with two attached hydrogens (primary N) is 1. The SMILES string of the molecule is [B]C([B])([B])Oc1cc(C(=O)NC)ccc1NCC#Cc1cc(C(N)=O)c2ncn(CC(F)(F)F)c2c1. The number of nitrogens with zero attached hydrogens (tertiary/aromatic N) is 2. The van der Waals surface area contributed by atoms with Gasteiger partial charge in [0.25, 0.3) is 11.8 Å².